The topological polar surface area (TPSA) is 77.0 Å². The van der Waals surface area contributed by atoms with Crippen molar-refractivity contribution in [3.05, 3.63) is 35.3 Å². The van der Waals surface area contributed by atoms with Gasteiger partial charge in [-0.2, -0.15) is 9.97 Å². The number of hydrogen-bond donors (Lipinski definition) is 2. The molecule has 1 aromatic carbocycles. The van der Waals surface area contributed by atoms with Crippen molar-refractivity contribution in [3.63, 3.8) is 0 Å². The first-order chi connectivity index (χ1) is 16.5. The summed E-state index contributed by atoms with van der Waals surface area (Å²) in [7, 11) is 2.13. The zero-order valence-electron chi connectivity index (χ0n) is 19.7. The minimum absolute atomic E-state index is 0.0443. The molecule has 6 rings (SSSR count). The SMILES string of the molecule is CN1CCC[C@H]1COc1nc2c(c(N3CC4CCC(C3)N4)n1)CCN(c1c(O)cccc1F)C2. The van der Waals surface area contributed by atoms with E-state index in [0.29, 0.717) is 50.3 Å². The lowest BCUT2D eigenvalue weighted by Crippen LogP contribution is -2.52. The third-order valence-electron chi connectivity index (χ3n) is 7.90. The second kappa shape index (κ2) is 8.85. The van der Waals surface area contributed by atoms with Gasteiger partial charge in [0.2, 0.25) is 0 Å². The molecule has 3 saturated heterocycles. The van der Waals surface area contributed by atoms with Crippen LogP contribution >= 0.6 is 0 Å². The second-order valence-electron chi connectivity index (χ2n) is 10.2. The highest BCUT2D eigenvalue weighted by Gasteiger charge is 2.36. The van der Waals surface area contributed by atoms with E-state index in [0.717, 1.165) is 43.1 Å². The molecule has 1 aromatic heterocycles. The summed E-state index contributed by atoms with van der Waals surface area (Å²) in [5.74, 6) is 0.505. The third-order valence-corrected chi connectivity index (χ3v) is 7.90. The summed E-state index contributed by atoms with van der Waals surface area (Å²) < 4.78 is 20.8. The molecule has 4 aliphatic heterocycles. The quantitative estimate of drug-likeness (QED) is 0.693. The van der Waals surface area contributed by atoms with Crippen LogP contribution in [0.15, 0.2) is 18.2 Å². The molecule has 3 fully saturated rings. The van der Waals surface area contributed by atoms with E-state index in [4.69, 9.17) is 14.7 Å². The van der Waals surface area contributed by atoms with Crippen LogP contribution in [0.5, 0.6) is 11.8 Å². The van der Waals surface area contributed by atoms with E-state index in [1.807, 2.05) is 4.90 Å². The highest BCUT2D eigenvalue weighted by atomic mass is 19.1. The molecule has 5 heterocycles. The first-order valence-corrected chi connectivity index (χ1v) is 12.5. The molecule has 0 radical (unpaired) electrons. The maximum atomic E-state index is 14.6. The Morgan fingerprint density at radius 3 is 2.68 bits per heavy atom. The Morgan fingerprint density at radius 1 is 1.12 bits per heavy atom. The van der Waals surface area contributed by atoms with Crippen molar-refractivity contribution >= 4 is 11.5 Å². The Bertz CT molecular complexity index is 1040. The molecule has 9 heteroatoms. The van der Waals surface area contributed by atoms with Gasteiger partial charge in [-0.15, -0.1) is 0 Å². The predicted octanol–water partition coefficient (Wildman–Crippen LogP) is 2.30. The molecule has 0 saturated carbocycles. The van der Waals surface area contributed by atoms with E-state index in [9.17, 15) is 9.50 Å². The van der Waals surface area contributed by atoms with Crippen molar-refractivity contribution in [1.82, 2.24) is 20.2 Å². The highest BCUT2D eigenvalue weighted by Crippen LogP contribution is 2.37. The van der Waals surface area contributed by atoms with Crippen molar-refractivity contribution in [3.8, 4) is 11.8 Å². The molecule has 0 spiro atoms. The van der Waals surface area contributed by atoms with Gasteiger partial charge in [0.05, 0.1) is 12.2 Å². The molecule has 0 amide bonds. The monoisotopic (exact) mass is 468 g/mol. The number of phenolic OH excluding ortho intramolecular Hbond substituents is 1. The number of ether oxygens (including phenoxy) is 1. The maximum absolute atomic E-state index is 14.6. The molecule has 2 N–H and O–H groups in total. The van der Waals surface area contributed by atoms with E-state index in [1.54, 1.807) is 0 Å². The lowest BCUT2D eigenvalue weighted by molar-refractivity contribution is 0.187. The van der Waals surface area contributed by atoms with Crippen LogP contribution in [0.4, 0.5) is 15.9 Å². The predicted molar refractivity (Wildman–Crippen MR) is 128 cm³/mol. The molecule has 182 valence electrons. The van der Waals surface area contributed by atoms with Crippen molar-refractivity contribution in [2.45, 2.75) is 56.8 Å². The molecule has 3 atom stereocenters. The number of nitrogens with zero attached hydrogens (tertiary/aromatic N) is 5. The molecular formula is C25H33FN6O2. The van der Waals surface area contributed by atoms with Gasteiger partial charge < -0.3 is 29.9 Å². The van der Waals surface area contributed by atoms with E-state index >= 15 is 0 Å². The van der Waals surface area contributed by atoms with Crippen LogP contribution in [0.3, 0.4) is 0 Å². The van der Waals surface area contributed by atoms with Crippen LogP contribution in [-0.4, -0.2) is 77.9 Å². The number of phenols is 1. The number of aromatic nitrogens is 2. The smallest absolute Gasteiger partial charge is 0.318 e. The van der Waals surface area contributed by atoms with Gasteiger partial charge in [-0.05, 0) is 57.8 Å². The zero-order chi connectivity index (χ0) is 23.2. The Morgan fingerprint density at radius 2 is 1.94 bits per heavy atom. The standard InChI is InChI=1S/C25H33FN6O2/c1-30-10-3-4-18(30)15-34-25-28-21-14-31(23-20(26)5-2-6-22(23)33)11-9-19(21)24(29-25)32-12-16-7-8-17(13-32)27-16/h2,5-6,16-18,27,33H,3-4,7-15H2,1H3/t16?,17?,18-/m0/s1. The van der Waals surface area contributed by atoms with Crippen molar-refractivity contribution in [1.29, 1.82) is 0 Å². The second-order valence-corrected chi connectivity index (χ2v) is 10.2. The summed E-state index contributed by atoms with van der Waals surface area (Å²) in [6.07, 6.45) is 5.41. The lowest BCUT2D eigenvalue weighted by atomic mass is 10.0. The lowest BCUT2D eigenvalue weighted by Gasteiger charge is -2.37. The van der Waals surface area contributed by atoms with E-state index in [1.165, 1.54) is 37.5 Å². The van der Waals surface area contributed by atoms with Gasteiger partial charge >= 0.3 is 6.01 Å². The number of benzene rings is 1. The number of likely N-dealkylation sites (tertiary alicyclic amines) is 1. The van der Waals surface area contributed by atoms with Crippen LogP contribution in [0.2, 0.25) is 0 Å². The van der Waals surface area contributed by atoms with Gasteiger partial charge in [0.25, 0.3) is 0 Å². The largest absolute Gasteiger partial charge is 0.506 e. The molecule has 34 heavy (non-hydrogen) atoms. The highest BCUT2D eigenvalue weighted by molar-refractivity contribution is 5.61. The number of aromatic hydroxyl groups is 1. The van der Waals surface area contributed by atoms with Crippen LogP contribution in [0.1, 0.15) is 36.9 Å². The molecular weight excluding hydrogens is 435 g/mol. The fourth-order valence-corrected chi connectivity index (χ4v) is 6.05. The number of nitrogens with one attached hydrogen (secondary N) is 1. The van der Waals surface area contributed by atoms with Gasteiger partial charge in [0.1, 0.15) is 29.7 Å². The van der Waals surface area contributed by atoms with Gasteiger partial charge in [-0.1, -0.05) is 6.07 Å². The number of anilines is 2. The first kappa shape index (κ1) is 21.9. The molecule has 2 bridgehead atoms. The fraction of sp³-hybridized carbons (Fsp3) is 0.600. The minimum atomic E-state index is -0.419. The Balaban J connectivity index is 1.32. The van der Waals surface area contributed by atoms with Crippen molar-refractivity contribution < 1.29 is 14.2 Å². The summed E-state index contributed by atoms with van der Waals surface area (Å²) in [4.78, 5) is 16.3. The normalized spacial score (nSPS) is 26.7. The maximum Gasteiger partial charge on any atom is 0.318 e. The van der Waals surface area contributed by atoms with Gasteiger partial charge in [0.15, 0.2) is 0 Å². The summed E-state index contributed by atoms with van der Waals surface area (Å²) in [5.41, 5.74) is 2.22. The molecule has 2 aromatic rings. The number of hydrogen-bond acceptors (Lipinski definition) is 8. The van der Waals surface area contributed by atoms with Crippen molar-refractivity contribution in [2.24, 2.45) is 0 Å². The third kappa shape index (κ3) is 4.05. The summed E-state index contributed by atoms with van der Waals surface area (Å²) in [6.45, 7) is 4.54. The van der Waals surface area contributed by atoms with Gasteiger partial charge in [-0.25, -0.2) is 4.39 Å². The van der Waals surface area contributed by atoms with E-state index in [-0.39, 0.29) is 11.4 Å². The fourth-order valence-electron chi connectivity index (χ4n) is 6.05. The summed E-state index contributed by atoms with van der Waals surface area (Å²) >= 11 is 0. The van der Waals surface area contributed by atoms with Crippen LogP contribution in [0, 0.1) is 5.82 Å². The van der Waals surface area contributed by atoms with Crippen molar-refractivity contribution in [2.75, 3.05) is 49.6 Å². The number of halogens is 1. The number of para-hydroxylation sites is 1. The molecule has 0 aliphatic carbocycles. The first-order valence-electron chi connectivity index (χ1n) is 12.5. The van der Waals surface area contributed by atoms with Crippen LogP contribution in [0.25, 0.3) is 0 Å². The molecule has 2 unspecified atom stereocenters. The van der Waals surface area contributed by atoms with Crippen LogP contribution < -0.4 is 19.9 Å². The molecule has 4 aliphatic rings. The minimum Gasteiger partial charge on any atom is -0.506 e. The number of piperazine rings is 1. The average molecular weight is 469 g/mol. The Labute approximate surface area is 199 Å². The summed E-state index contributed by atoms with van der Waals surface area (Å²) in [6, 6.07) is 6.22. The van der Waals surface area contributed by atoms with Gasteiger partial charge in [-0.3, -0.25) is 0 Å². The van der Waals surface area contributed by atoms with Crippen LogP contribution in [-0.2, 0) is 13.0 Å². The van der Waals surface area contributed by atoms with E-state index < -0.39 is 5.82 Å². The summed E-state index contributed by atoms with van der Waals surface area (Å²) in [5, 5.41) is 14.0. The average Bonchev–Trinajstić information content (AvgIpc) is 3.40. The zero-order valence-corrected chi connectivity index (χ0v) is 19.7. The van der Waals surface area contributed by atoms with Gasteiger partial charge in [0, 0.05) is 43.3 Å². The van der Waals surface area contributed by atoms with E-state index in [2.05, 4.69) is 22.2 Å². The number of likely N-dealkylation sites (N-methyl/N-ethyl adjacent to an activating group) is 1. The number of rotatable bonds is 5. The number of fused-ring (bicyclic) bond motifs is 3. The Kier molecular flexibility index (Phi) is 5.69. The molecule has 8 nitrogen and oxygen atoms in total. The Hall–Kier alpha value is -2.65.